The van der Waals surface area contributed by atoms with Crippen LogP contribution in [-0.4, -0.2) is 28.5 Å². The van der Waals surface area contributed by atoms with Crippen LogP contribution in [0, 0.1) is 0 Å². The molecule has 82 valence electrons. The van der Waals surface area contributed by atoms with Crippen LogP contribution in [0.25, 0.3) is 0 Å². The molecule has 0 spiro atoms. The summed E-state index contributed by atoms with van der Waals surface area (Å²) in [5, 5.41) is 11.9. The normalized spacial score (nSPS) is 10.7. The van der Waals surface area contributed by atoms with Gasteiger partial charge in [0.15, 0.2) is 0 Å². The number of hydrogen-bond acceptors (Lipinski definition) is 3. The third-order valence-corrected chi connectivity index (χ3v) is 1.78. The Kier molecular flexibility index (Phi) is 4.40. The van der Waals surface area contributed by atoms with E-state index in [1.54, 1.807) is 0 Å². The van der Waals surface area contributed by atoms with E-state index in [1.165, 1.54) is 6.21 Å². The Bertz CT molecular complexity index is 344. The van der Waals surface area contributed by atoms with Crippen LogP contribution in [-0.2, 0) is 16.2 Å². The quantitative estimate of drug-likeness (QED) is 0.569. The predicted octanol–water partition coefficient (Wildman–Crippen LogP) is 1.33. The molecule has 0 aliphatic carbocycles. The van der Waals surface area contributed by atoms with Crippen molar-refractivity contribution in [1.29, 1.82) is 0 Å². The van der Waals surface area contributed by atoms with Gasteiger partial charge in [-0.15, -0.1) is 0 Å². The Hall–Kier alpha value is -1.78. The van der Waals surface area contributed by atoms with E-state index in [1.807, 2.05) is 22.9 Å². The van der Waals surface area contributed by atoms with Crippen LogP contribution in [0.5, 0.6) is 0 Å². The number of hydrogen-bond donors (Lipinski definition) is 1. The average molecular weight is 210 g/mol. The molecule has 0 fully saturated rings. The van der Waals surface area contributed by atoms with Crippen molar-refractivity contribution in [2.45, 2.75) is 19.9 Å². The maximum absolute atomic E-state index is 10.1. The lowest BCUT2D eigenvalue weighted by Crippen LogP contribution is -2.04. The monoisotopic (exact) mass is 210 g/mol. The maximum atomic E-state index is 10.1. The second kappa shape index (κ2) is 5.85. The van der Waals surface area contributed by atoms with Gasteiger partial charge in [0.1, 0.15) is 0 Å². The summed E-state index contributed by atoms with van der Waals surface area (Å²) in [5.41, 5.74) is 0.905. The highest BCUT2D eigenvalue weighted by Gasteiger charge is 1.97. The fraction of sp³-hybridized carbons (Fsp3) is 0.400. The van der Waals surface area contributed by atoms with E-state index < -0.39 is 12.6 Å². The molecule has 0 aliphatic heterocycles. The van der Waals surface area contributed by atoms with Gasteiger partial charge in [-0.3, -0.25) is 0 Å². The standard InChI is InChI=1S/C10H14N2O3/c1-2-5-12-6-3-4-9(12)7-11-15-8-10(13)14/h3-4,6-7H,2,5,8H2,1H3,(H,13,14)/b11-7+. The van der Waals surface area contributed by atoms with E-state index in [2.05, 4.69) is 16.9 Å². The van der Waals surface area contributed by atoms with Crippen LogP contribution in [0.3, 0.4) is 0 Å². The zero-order chi connectivity index (χ0) is 11.1. The van der Waals surface area contributed by atoms with E-state index in [4.69, 9.17) is 5.11 Å². The topological polar surface area (TPSA) is 63.8 Å². The van der Waals surface area contributed by atoms with Gasteiger partial charge in [0, 0.05) is 12.7 Å². The smallest absolute Gasteiger partial charge is 0.344 e. The molecule has 15 heavy (non-hydrogen) atoms. The van der Waals surface area contributed by atoms with Crippen molar-refractivity contribution < 1.29 is 14.7 Å². The summed E-state index contributed by atoms with van der Waals surface area (Å²) in [4.78, 5) is 14.7. The Labute approximate surface area is 88.0 Å². The molecule has 0 bridgehead atoms. The predicted molar refractivity (Wildman–Crippen MR) is 55.9 cm³/mol. The summed E-state index contributed by atoms with van der Waals surface area (Å²) in [6, 6.07) is 3.80. The number of carboxylic acids is 1. The molecule has 5 heteroatoms. The molecule has 0 amide bonds. The zero-order valence-corrected chi connectivity index (χ0v) is 8.59. The molecule has 1 aromatic heterocycles. The first kappa shape index (κ1) is 11.3. The van der Waals surface area contributed by atoms with Crippen molar-refractivity contribution in [2.75, 3.05) is 6.61 Å². The Morgan fingerprint density at radius 3 is 3.20 bits per heavy atom. The molecule has 0 unspecified atom stereocenters. The number of carbonyl (C=O) groups is 1. The van der Waals surface area contributed by atoms with Crippen molar-refractivity contribution >= 4 is 12.2 Å². The van der Waals surface area contributed by atoms with Crippen molar-refractivity contribution in [1.82, 2.24) is 4.57 Å². The lowest BCUT2D eigenvalue weighted by atomic mass is 10.4. The van der Waals surface area contributed by atoms with Gasteiger partial charge in [0.2, 0.25) is 6.61 Å². The Balaban J connectivity index is 2.48. The fourth-order valence-electron chi connectivity index (χ4n) is 1.17. The van der Waals surface area contributed by atoms with Crippen LogP contribution in [0.2, 0.25) is 0 Å². The number of carboxylic acid groups (broad SMARTS) is 1. The second-order valence-electron chi connectivity index (χ2n) is 3.03. The summed E-state index contributed by atoms with van der Waals surface area (Å²) in [7, 11) is 0. The van der Waals surface area contributed by atoms with Gasteiger partial charge in [-0.25, -0.2) is 4.79 Å². The van der Waals surface area contributed by atoms with Gasteiger partial charge in [-0.05, 0) is 18.6 Å². The summed E-state index contributed by atoms with van der Waals surface area (Å²) in [5.74, 6) is -1.03. The molecular formula is C10H14N2O3. The number of rotatable bonds is 6. The highest BCUT2D eigenvalue weighted by atomic mass is 16.6. The third-order valence-electron chi connectivity index (χ3n) is 1.78. The molecule has 0 atom stereocenters. The van der Waals surface area contributed by atoms with Gasteiger partial charge in [0.05, 0.1) is 11.9 Å². The minimum absolute atomic E-state index is 0.412. The first-order valence-corrected chi connectivity index (χ1v) is 4.76. The van der Waals surface area contributed by atoms with Crippen LogP contribution < -0.4 is 0 Å². The maximum Gasteiger partial charge on any atom is 0.344 e. The van der Waals surface area contributed by atoms with E-state index in [-0.39, 0.29) is 0 Å². The van der Waals surface area contributed by atoms with Crippen LogP contribution in [0.1, 0.15) is 19.0 Å². The van der Waals surface area contributed by atoms with Gasteiger partial charge >= 0.3 is 5.97 Å². The fourth-order valence-corrected chi connectivity index (χ4v) is 1.17. The molecule has 0 radical (unpaired) electrons. The van der Waals surface area contributed by atoms with Gasteiger partial charge in [-0.1, -0.05) is 12.1 Å². The SMILES string of the molecule is CCCn1cccc1/C=N/OCC(=O)O. The molecule has 0 saturated carbocycles. The Morgan fingerprint density at radius 2 is 2.53 bits per heavy atom. The number of aryl methyl sites for hydroxylation is 1. The van der Waals surface area contributed by atoms with E-state index in [0.717, 1.165) is 18.7 Å². The van der Waals surface area contributed by atoms with Gasteiger partial charge in [0.25, 0.3) is 0 Å². The largest absolute Gasteiger partial charge is 0.479 e. The van der Waals surface area contributed by atoms with Gasteiger partial charge < -0.3 is 14.5 Å². The molecule has 1 heterocycles. The molecule has 0 saturated heterocycles. The minimum atomic E-state index is -1.03. The molecule has 1 N–H and O–H groups in total. The summed E-state index contributed by atoms with van der Waals surface area (Å²) in [6.45, 7) is 2.58. The zero-order valence-electron chi connectivity index (χ0n) is 8.59. The lowest BCUT2D eigenvalue weighted by molar-refractivity contribution is -0.142. The molecule has 0 aliphatic rings. The van der Waals surface area contributed by atoms with Crippen molar-refractivity contribution in [2.24, 2.45) is 5.16 Å². The van der Waals surface area contributed by atoms with Crippen molar-refractivity contribution in [3.63, 3.8) is 0 Å². The Morgan fingerprint density at radius 1 is 1.73 bits per heavy atom. The number of aliphatic carboxylic acids is 1. The highest BCUT2D eigenvalue weighted by Crippen LogP contribution is 2.00. The molecule has 1 rings (SSSR count). The van der Waals surface area contributed by atoms with Crippen molar-refractivity contribution in [3.05, 3.63) is 24.0 Å². The molecule has 5 nitrogen and oxygen atoms in total. The summed E-state index contributed by atoms with van der Waals surface area (Å²) >= 11 is 0. The van der Waals surface area contributed by atoms with E-state index in [9.17, 15) is 4.79 Å². The van der Waals surface area contributed by atoms with Crippen LogP contribution >= 0.6 is 0 Å². The molecule has 0 aromatic carbocycles. The van der Waals surface area contributed by atoms with E-state index in [0.29, 0.717) is 0 Å². The number of aromatic nitrogens is 1. The molecule has 1 aromatic rings. The van der Waals surface area contributed by atoms with Crippen molar-refractivity contribution in [3.8, 4) is 0 Å². The highest BCUT2D eigenvalue weighted by molar-refractivity contribution is 5.77. The third kappa shape index (κ3) is 3.84. The average Bonchev–Trinajstić information content (AvgIpc) is 2.61. The van der Waals surface area contributed by atoms with E-state index >= 15 is 0 Å². The summed E-state index contributed by atoms with van der Waals surface area (Å²) in [6.07, 6.45) is 4.49. The minimum Gasteiger partial charge on any atom is -0.479 e. The second-order valence-corrected chi connectivity index (χ2v) is 3.03. The molecular weight excluding hydrogens is 196 g/mol. The first-order chi connectivity index (χ1) is 7.24. The lowest BCUT2D eigenvalue weighted by Gasteiger charge is -2.02. The van der Waals surface area contributed by atoms with Crippen LogP contribution in [0.4, 0.5) is 0 Å². The van der Waals surface area contributed by atoms with Crippen LogP contribution in [0.15, 0.2) is 23.5 Å². The first-order valence-electron chi connectivity index (χ1n) is 4.76. The van der Waals surface area contributed by atoms with Gasteiger partial charge in [-0.2, -0.15) is 0 Å². The summed E-state index contributed by atoms with van der Waals surface area (Å²) < 4.78 is 2.02. The number of oxime groups is 1. The number of nitrogens with zero attached hydrogens (tertiary/aromatic N) is 2.